The third kappa shape index (κ3) is 4.99. The van der Waals surface area contributed by atoms with E-state index in [2.05, 4.69) is 51.2 Å². The molecule has 0 aliphatic rings. The zero-order valence-corrected chi connectivity index (χ0v) is 13.3. The second-order valence-corrected chi connectivity index (χ2v) is 5.35. The fourth-order valence-corrected chi connectivity index (χ4v) is 2.72. The molecule has 0 aromatic heterocycles. The van der Waals surface area contributed by atoms with E-state index in [1.807, 2.05) is 0 Å². The molecule has 1 unspecified atom stereocenters. The van der Waals surface area contributed by atoms with Crippen LogP contribution < -0.4 is 5.32 Å². The van der Waals surface area contributed by atoms with Gasteiger partial charge in [-0.15, -0.1) is 0 Å². The molecule has 1 N–H and O–H groups in total. The standard InChI is InChI=1S/C18H31N/c1-5-9-10-11-18(19-8-4)17-14-15(6-2)12-13-16(17)7-3/h12-14,18-19H,5-11H2,1-4H3. The van der Waals surface area contributed by atoms with Gasteiger partial charge in [-0.05, 0) is 42.5 Å². The number of hydrogen-bond acceptors (Lipinski definition) is 1. The third-order valence-electron chi connectivity index (χ3n) is 3.92. The highest BCUT2D eigenvalue weighted by atomic mass is 14.9. The average Bonchev–Trinajstić information content (AvgIpc) is 2.46. The van der Waals surface area contributed by atoms with Gasteiger partial charge in [0.05, 0.1) is 0 Å². The van der Waals surface area contributed by atoms with Crippen molar-refractivity contribution >= 4 is 0 Å². The van der Waals surface area contributed by atoms with Crippen molar-refractivity contribution in [1.29, 1.82) is 0 Å². The van der Waals surface area contributed by atoms with Crippen LogP contribution in [0.1, 0.15) is 76.1 Å². The molecule has 1 nitrogen and oxygen atoms in total. The molecule has 0 aliphatic heterocycles. The first-order valence-corrected chi connectivity index (χ1v) is 8.11. The molecular weight excluding hydrogens is 230 g/mol. The predicted octanol–water partition coefficient (Wildman–Crippen LogP) is 5.04. The van der Waals surface area contributed by atoms with E-state index in [-0.39, 0.29) is 0 Å². The number of nitrogens with one attached hydrogen (secondary N) is 1. The van der Waals surface area contributed by atoms with Gasteiger partial charge in [-0.2, -0.15) is 0 Å². The smallest absolute Gasteiger partial charge is 0.0322 e. The molecule has 0 saturated heterocycles. The van der Waals surface area contributed by atoms with Gasteiger partial charge in [0.25, 0.3) is 0 Å². The summed E-state index contributed by atoms with van der Waals surface area (Å²) >= 11 is 0. The van der Waals surface area contributed by atoms with Gasteiger partial charge in [-0.1, -0.05) is 65.2 Å². The highest BCUT2D eigenvalue weighted by molar-refractivity contribution is 5.34. The molecule has 1 aromatic carbocycles. The average molecular weight is 261 g/mol. The van der Waals surface area contributed by atoms with E-state index < -0.39 is 0 Å². The zero-order valence-electron chi connectivity index (χ0n) is 13.3. The van der Waals surface area contributed by atoms with E-state index in [0.717, 1.165) is 19.4 Å². The van der Waals surface area contributed by atoms with Crippen molar-refractivity contribution in [3.8, 4) is 0 Å². The summed E-state index contributed by atoms with van der Waals surface area (Å²) in [5, 5.41) is 3.68. The van der Waals surface area contributed by atoms with E-state index >= 15 is 0 Å². The second-order valence-electron chi connectivity index (χ2n) is 5.35. The van der Waals surface area contributed by atoms with Crippen LogP contribution in [-0.4, -0.2) is 6.54 Å². The highest BCUT2D eigenvalue weighted by Gasteiger charge is 2.13. The molecule has 19 heavy (non-hydrogen) atoms. The lowest BCUT2D eigenvalue weighted by atomic mass is 9.92. The quantitative estimate of drug-likeness (QED) is 0.614. The van der Waals surface area contributed by atoms with Gasteiger partial charge in [0.1, 0.15) is 0 Å². The van der Waals surface area contributed by atoms with Gasteiger partial charge in [-0.3, -0.25) is 0 Å². The SMILES string of the molecule is CCCCCC(NCC)c1cc(CC)ccc1CC. The molecule has 0 bridgehead atoms. The van der Waals surface area contributed by atoms with Crippen LogP contribution in [0.4, 0.5) is 0 Å². The van der Waals surface area contributed by atoms with Crippen LogP contribution in [0.2, 0.25) is 0 Å². The predicted molar refractivity (Wildman–Crippen MR) is 85.8 cm³/mol. The maximum absolute atomic E-state index is 3.68. The summed E-state index contributed by atoms with van der Waals surface area (Å²) < 4.78 is 0. The second kappa shape index (κ2) is 9.14. The molecule has 1 atom stereocenters. The van der Waals surface area contributed by atoms with Gasteiger partial charge in [0, 0.05) is 6.04 Å². The van der Waals surface area contributed by atoms with Gasteiger partial charge >= 0.3 is 0 Å². The zero-order chi connectivity index (χ0) is 14.1. The summed E-state index contributed by atoms with van der Waals surface area (Å²) in [4.78, 5) is 0. The van der Waals surface area contributed by atoms with Gasteiger partial charge in [-0.25, -0.2) is 0 Å². The number of benzene rings is 1. The first-order valence-electron chi connectivity index (χ1n) is 8.11. The topological polar surface area (TPSA) is 12.0 Å². The Balaban J connectivity index is 2.91. The summed E-state index contributed by atoms with van der Waals surface area (Å²) in [7, 11) is 0. The fourth-order valence-electron chi connectivity index (χ4n) is 2.72. The van der Waals surface area contributed by atoms with Crippen molar-refractivity contribution in [1.82, 2.24) is 5.32 Å². The maximum Gasteiger partial charge on any atom is 0.0322 e. The lowest BCUT2D eigenvalue weighted by Gasteiger charge is -2.22. The van der Waals surface area contributed by atoms with E-state index in [9.17, 15) is 0 Å². The summed E-state index contributed by atoms with van der Waals surface area (Å²) in [5.74, 6) is 0. The van der Waals surface area contributed by atoms with E-state index in [1.165, 1.54) is 36.8 Å². The van der Waals surface area contributed by atoms with Crippen molar-refractivity contribution < 1.29 is 0 Å². The molecule has 1 heteroatoms. The summed E-state index contributed by atoms with van der Waals surface area (Å²) in [5.41, 5.74) is 4.52. The minimum atomic E-state index is 0.540. The molecule has 0 spiro atoms. The largest absolute Gasteiger partial charge is 0.310 e. The number of rotatable bonds is 9. The molecule has 0 aliphatic carbocycles. The van der Waals surface area contributed by atoms with Gasteiger partial charge in [0.15, 0.2) is 0 Å². The van der Waals surface area contributed by atoms with Crippen molar-refractivity contribution in [2.24, 2.45) is 0 Å². The fraction of sp³-hybridized carbons (Fsp3) is 0.667. The molecule has 1 aromatic rings. The molecule has 0 saturated carbocycles. The Labute approximate surface area is 119 Å². The van der Waals surface area contributed by atoms with Gasteiger partial charge in [0.2, 0.25) is 0 Å². The Bertz CT molecular complexity index is 357. The normalized spacial score (nSPS) is 12.6. The van der Waals surface area contributed by atoms with Crippen molar-refractivity contribution in [3.05, 3.63) is 34.9 Å². The maximum atomic E-state index is 3.68. The molecule has 108 valence electrons. The molecule has 0 amide bonds. The van der Waals surface area contributed by atoms with Crippen molar-refractivity contribution in [2.75, 3.05) is 6.54 Å². The Hall–Kier alpha value is -0.820. The highest BCUT2D eigenvalue weighted by Crippen LogP contribution is 2.25. The van der Waals surface area contributed by atoms with Crippen LogP contribution in [0.25, 0.3) is 0 Å². The molecule has 0 fully saturated rings. The van der Waals surface area contributed by atoms with E-state index in [1.54, 1.807) is 5.56 Å². The number of aryl methyl sites for hydroxylation is 2. The van der Waals surface area contributed by atoms with Gasteiger partial charge < -0.3 is 5.32 Å². The Morgan fingerprint density at radius 3 is 2.37 bits per heavy atom. The summed E-state index contributed by atoms with van der Waals surface area (Å²) in [6, 6.07) is 7.59. The summed E-state index contributed by atoms with van der Waals surface area (Å²) in [6.45, 7) is 10.0. The molecular formula is C18H31N. The van der Waals surface area contributed by atoms with Crippen LogP contribution >= 0.6 is 0 Å². The molecule has 1 rings (SSSR count). The Morgan fingerprint density at radius 1 is 1.00 bits per heavy atom. The minimum absolute atomic E-state index is 0.540. The van der Waals surface area contributed by atoms with Crippen LogP contribution in [-0.2, 0) is 12.8 Å². The lowest BCUT2D eigenvalue weighted by Crippen LogP contribution is -2.22. The van der Waals surface area contributed by atoms with Crippen LogP contribution in [0.5, 0.6) is 0 Å². The van der Waals surface area contributed by atoms with Crippen molar-refractivity contribution in [2.45, 2.75) is 72.3 Å². The Morgan fingerprint density at radius 2 is 1.79 bits per heavy atom. The van der Waals surface area contributed by atoms with E-state index in [4.69, 9.17) is 0 Å². The van der Waals surface area contributed by atoms with Crippen molar-refractivity contribution in [3.63, 3.8) is 0 Å². The monoisotopic (exact) mass is 261 g/mol. The lowest BCUT2D eigenvalue weighted by molar-refractivity contribution is 0.483. The third-order valence-corrected chi connectivity index (χ3v) is 3.92. The van der Waals surface area contributed by atoms with Crippen LogP contribution in [0.3, 0.4) is 0 Å². The van der Waals surface area contributed by atoms with E-state index in [0.29, 0.717) is 6.04 Å². The summed E-state index contributed by atoms with van der Waals surface area (Å²) in [6.07, 6.45) is 7.50. The molecule has 0 heterocycles. The first-order chi connectivity index (χ1) is 9.26. The first kappa shape index (κ1) is 16.2. The van der Waals surface area contributed by atoms with Crippen LogP contribution in [0, 0.1) is 0 Å². The Kier molecular flexibility index (Phi) is 7.81. The minimum Gasteiger partial charge on any atom is -0.310 e. The number of hydrogen-bond donors (Lipinski definition) is 1. The van der Waals surface area contributed by atoms with Crippen LogP contribution in [0.15, 0.2) is 18.2 Å². The molecule has 0 radical (unpaired) electrons. The number of unbranched alkanes of at least 4 members (excludes halogenated alkanes) is 2.